The first-order chi connectivity index (χ1) is 14.1. The van der Waals surface area contributed by atoms with Gasteiger partial charge in [0, 0.05) is 5.92 Å². The zero-order valence-corrected chi connectivity index (χ0v) is 21.0. The highest BCUT2D eigenvalue weighted by Crippen LogP contribution is 2.44. The monoisotopic (exact) mass is 490 g/mol. The van der Waals surface area contributed by atoms with E-state index >= 15 is 0 Å². The number of cyclic esters (lactones) is 1. The molecule has 3 rings (SSSR count). The molecule has 4 nitrogen and oxygen atoms in total. The van der Waals surface area contributed by atoms with Gasteiger partial charge >= 0.3 is 5.97 Å². The van der Waals surface area contributed by atoms with E-state index in [9.17, 15) is 4.79 Å². The van der Waals surface area contributed by atoms with Gasteiger partial charge in [0.15, 0.2) is 8.32 Å². The summed E-state index contributed by atoms with van der Waals surface area (Å²) in [6, 6.07) is 16.2. The second-order valence-electron chi connectivity index (χ2n) is 9.41. The summed E-state index contributed by atoms with van der Waals surface area (Å²) in [6.07, 6.45) is 0.209. The maximum Gasteiger partial charge on any atom is 0.306 e. The lowest BCUT2D eigenvalue weighted by molar-refractivity contribution is -0.137. The third-order valence-electron chi connectivity index (χ3n) is 6.06. The number of hydrogen-bond donors (Lipinski definition) is 0. The van der Waals surface area contributed by atoms with Crippen LogP contribution in [0.4, 0.5) is 0 Å². The van der Waals surface area contributed by atoms with Crippen molar-refractivity contribution in [3.8, 4) is 5.75 Å². The molecule has 2 atom stereocenters. The minimum Gasteiger partial charge on any atom is -0.488 e. The molecule has 0 amide bonds. The van der Waals surface area contributed by atoms with Crippen molar-refractivity contribution in [2.75, 3.05) is 6.61 Å². The van der Waals surface area contributed by atoms with E-state index in [1.807, 2.05) is 42.5 Å². The van der Waals surface area contributed by atoms with E-state index in [1.54, 1.807) is 0 Å². The minimum absolute atomic E-state index is 0.0228. The number of esters is 1. The van der Waals surface area contributed by atoms with Crippen molar-refractivity contribution >= 4 is 30.2 Å². The Morgan fingerprint density at radius 2 is 1.87 bits per heavy atom. The van der Waals surface area contributed by atoms with Gasteiger partial charge in [-0.3, -0.25) is 4.79 Å². The zero-order valence-electron chi connectivity index (χ0n) is 18.4. The minimum atomic E-state index is -2.04. The summed E-state index contributed by atoms with van der Waals surface area (Å²) in [5, 5.41) is 0.0741. The van der Waals surface area contributed by atoms with Gasteiger partial charge in [-0.05, 0) is 57.3 Å². The Bertz CT molecular complexity index is 877. The largest absolute Gasteiger partial charge is 0.488 e. The number of benzene rings is 2. The van der Waals surface area contributed by atoms with E-state index in [1.165, 1.54) is 0 Å². The number of ether oxygens (including phenoxy) is 2. The fraction of sp³-hybridized carbons (Fsp3) is 0.458. The van der Waals surface area contributed by atoms with Crippen LogP contribution in [-0.4, -0.2) is 20.9 Å². The first-order valence-electron chi connectivity index (χ1n) is 10.4. The quantitative estimate of drug-likeness (QED) is 0.321. The van der Waals surface area contributed by atoms with Crippen molar-refractivity contribution in [3.05, 3.63) is 64.1 Å². The maximum atomic E-state index is 11.8. The van der Waals surface area contributed by atoms with Crippen molar-refractivity contribution in [3.63, 3.8) is 0 Å². The highest BCUT2D eigenvalue weighted by molar-refractivity contribution is 9.10. The third-order valence-corrected chi connectivity index (χ3v) is 11.1. The SMILES string of the molecule is CC(C)(C)[Si](C)(C)O[C@@H](c1ccc(OCc2ccccc2)c(Br)c1)[C@H]1COC(=O)C1. The first kappa shape index (κ1) is 23.0. The third kappa shape index (κ3) is 5.53. The number of carbonyl (C=O) groups is 1. The molecule has 0 bridgehead atoms. The predicted molar refractivity (Wildman–Crippen MR) is 125 cm³/mol. The van der Waals surface area contributed by atoms with Crippen LogP contribution >= 0.6 is 15.9 Å². The Hall–Kier alpha value is -1.63. The molecule has 6 heteroatoms. The Kier molecular flexibility index (Phi) is 7.10. The second-order valence-corrected chi connectivity index (χ2v) is 15.0. The van der Waals surface area contributed by atoms with Crippen LogP contribution in [0.3, 0.4) is 0 Å². The molecule has 0 saturated carbocycles. The van der Waals surface area contributed by atoms with Gasteiger partial charge in [-0.15, -0.1) is 0 Å². The van der Waals surface area contributed by atoms with Gasteiger partial charge in [0.25, 0.3) is 0 Å². The van der Waals surface area contributed by atoms with E-state index in [2.05, 4.69) is 55.9 Å². The van der Waals surface area contributed by atoms with E-state index in [0.29, 0.717) is 19.6 Å². The summed E-state index contributed by atoms with van der Waals surface area (Å²) in [4.78, 5) is 11.8. The Morgan fingerprint density at radius 1 is 1.17 bits per heavy atom. The lowest BCUT2D eigenvalue weighted by Crippen LogP contribution is -2.43. The fourth-order valence-electron chi connectivity index (χ4n) is 3.20. The normalized spacial score (nSPS) is 18.2. The van der Waals surface area contributed by atoms with Crippen molar-refractivity contribution < 1.29 is 18.7 Å². The van der Waals surface area contributed by atoms with E-state index in [4.69, 9.17) is 13.9 Å². The molecule has 1 aliphatic heterocycles. The second kappa shape index (κ2) is 9.24. The van der Waals surface area contributed by atoms with Gasteiger partial charge in [-0.1, -0.05) is 57.2 Å². The van der Waals surface area contributed by atoms with Gasteiger partial charge in [0.2, 0.25) is 0 Å². The molecule has 162 valence electrons. The van der Waals surface area contributed by atoms with Crippen LogP contribution in [0.5, 0.6) is 5.75 Å². The fourth-order valence-corrected chi connectivity index (χ4v) is 5.03. The van der Waals surface area contributed by atoms with Crippen LogP contribution in [-0.2, 0) is 20.6 Å². The molecule has 1 heterocycles. The molecule has 0 aromatic heterocycles. The summed E-state index contributed by atoms with van der Waals surface area (Å²) in [6.45, 7) is 12.1. The summed E-state index contributed by atoms with van der Waals surface area (Å²) < 4.78 is 18.9. The molecule has 2 aromatic carbocycles. The Balaban J connectivity index is 1.82. The van der Waals surface area contributed by atoms with Gasteiger partial charge in [0.1, 0.15) is 12.4 Å². The number of halogens is 1. The molecule has 0 aliphatic carbocycles. The molecule has 1 saturated heterocycles. The average Bonchev–Trinajstić information content (AvgIpc) is 3.11. The van der Waals surface area contributed by atoms with Crippen LogP contribution in [0, 0.1) is 5.92 Å². The predicted octanol–water partition coefficient (Wildman–Crippen LogP) is 6.65. The van der Waals surface area contributed by atoms with Gasteiger partial charge in [-0.25, -0.2) is 0 Å². The van der Waals surface area contributed by atoms with Crippen LogP contribution in [0.2, 0.25) is 18.1 Å². The van der Waals surface area contributed by atoms with Crippen LogP contribution in [0.1, 0.15) is 44.4 Å². The summed E-state index contributed by atoms with van der Waals surface area (Å²) in [7, 11) is -2.04. The average molecular weight is 491 g/mol. The molecule has 1 aliphatic rings. The van der Waals surface area contributed by atoms with E-state index in [0.717, 1.165) is 21.3 Å². The lowest BCUT2D eigenvalue weighted by atomic mass is 9.95. The maximum absolute atomic E-state index is 11.8. The highest BCUT2D eigenvalue weighted by atomic mass is 79.9. The highest BCUT2D eigenvalue weighted by Gasteiger charge is 2.43. The van der Waals surface area contributed by atoms with Crippen LogP contribution in [0.15, 0.2) is 53.0 Å². The molecule has 2 aromatic rings. The first-order valence-corrected chi connectivity index (χ1v) is 14.1. The van der Waals surface area contributed by atoms with Crippen molar-refractivity contribution in [1.82, 2.24) is 0 Å². The lowest BCUT2D eigenvalue weighted by Gasteiger charge is -2.40. The molecular formula is C24H31BrO4Si. The number of carbonyl (C=O) groups excluding carboxylic acids is 1. The molecule has 0 unspecified atom stereocenters. The topological polar surface area (TPSA) is 44.8 Å². The summed E-state index contributed by atoms with van der Waals surface area (Å²) in [5.41, 5.74) is 2.16. The van der Waals surface area contributed by atoms with E-state index in [-0.39, 0.29) is 23.0 Å². The zero-order chi connectivity index (χ0) is 21.9. The van der Waals surface area contributed by atoms with Crippen molar-refractivity contribution in [2.24, 2.45) is 5.92 Å². The van der Waals surface area contributed by atoms with Gasteiger partial charge < -0.3 is 13.9 Å². The Morgan fingerprint density at radius 3 is 2.43 bits per heavy atom. The molecule has 0 N–H and O–H groups in total. The van der Waals surface area contributed by atoms with Crippen molar-refractivity contribution in [2.45, 2.75) is 58.0 Å². The molecule has 1 fully saturated rings. The molecular weight excluding hydrogens is 460 g/mol. The van der Waals surface area contributed by atoms with E-state index < -0.39 is 8.32 Å². The van der Waals surface area contributed by atoms with Gasteiger partial charge in [0.05, 0.1) is 23.6 Å². The smallest absolute Gasteiger partial charge is 0.306 e. The van der Waals surface area contributed by atoms with Gasteiger partial charge in [-0.2, -0.15) is 0 Å². The molecule has 30 heavy (non-hydrogen) atoms. The molecule has 0 radical (unpaired) electrons. The number of rotatable bonds is 7. The summed E-state index contributed by atoms with van der Waals surface area (Å²) >= 11 is 3.66. The standard InChI is InChI=1S/C24H31BrO4Si/c1-24(2,3)30(4,5)29-23(19-14-22(26)28-16-19)18-11-12-21(20(25)13-18)27-15-17-9-7-6-8-10-17/h6-13,19,23H,14-16H2,1-5H3/t19-,23+/m1/s1. The van der Waals surface area contributed by atoms with Crippen molar-refractivity contribution in [1.29, 1.82) is 0 Å². The van der Waals surface area contributed by atoms with Crippen LogP contribution < -0.4 is 4.74 Å². The number of hydrogen-bond acceptors (Lipinski definition) is 4. The Labute approximate surface area is 189 Å². The van der Waals surface area contributed by atoms with Crippen LogP contribution in [0.25, 0.3) is 0 Å². The molecule has 0 spiro atoms. The summed E-state index contributed by atoms with van der Waals surface area (Å²) in [5.74, 6) is 0.660.